The lowest BCUT2D eigenvalue weighted by molar-refractivity contribution is -0.116. The van der Waals surface area contributed by atoms with E-state index in [0.29, 0.717) is 11.3 Å². The lowest BCUT2D eigenvalue weighted by Crippen LogP contribution is -2.30. The summed E-state index contributed by atoms with van der Waals surface area (Å²) in [5.41, 5.74) is 3.48. The molecule has 3 amide bonds. The predicted molar refractivity (Wildman–Crippen MR) is 189 cm³/mol. The quantitative estimate of drug-likeness (QED) is 0.103. The number of hydrogen-bond acceptors (Lipinski definition) is 5. The molecule has 0 bridgehead atoms. The predicted octanol–water partition coefficient (Wildman–Crippen LogP) is 8.78. The highest BCUT2D eigenvalue weighted by molar-refractivity contribution is 8.00. The molecule has 0 radical (unpaired) electrons. The molecular weight excluding hydrogens is 611 g/mol. The number of thiophene rings is 1. The van der Waals surface area contributed by atoms with Gasteiger partial charge in [0.05, 0.1) is 0 Å². The Morgan fingerprint density at radius 2 is 1.43 bits per heavy atom. The summed E-state index contributed by atoms with van der Waals surface area (Å²) in [6, 6.07) is 41.3. The maximum absolute atomic E-state index is 13.8. The van der Waals surface area contributed by atoms with Crippen LogP contribution in [0.1, 0.15) is 26.7 Å². The molecule has 6 aromatic rings. The van der Waals surface area contributed by atoms with E-state index < -0.39 is 11.2 Å². The van der Waals surface area contributed by atoms with Gasteiger partial charge in [-0.15, -0.1) is 11.8 Å². The first-order valence-corrected chi connectivity index (χ1v) is 16.4. The number of carbonyl (C=O) groups is 3. The van der Waals surface area contributed by atoms with E-state index in [2.05, 4.69) is 16.0 Å². The Morgan fingerprint density at radius 3 is 2.22 bits per heavy atom. The SMILES string of the molecule is O=C(Nc1cccc(SC(C(=O)Nc2cccc3ccccc23)c2ccccc2)c1)/C(=C/c1ccsc1)NC(=O)c1ccccc1. The van der Waals surface area contributed by atoms with Crippen molar-refractivity contribution >= 4 is 69.0 Å². The molecule has 0 aliphatic heterocycles. The normalized spacial score (nSPS) is 11.9. The van der Waals surface area contributed by atoms with E-state index in [1.807, 2.05) is 114 Å². The van der Waals surface area contributed by atoms with Crippen molar-refractivity contribution in [2.75, 3.05) is 10.6 Å². The van der Waals surface area contributed by atoms with E-state index in [4.69, 9.17) is 0 Å². The summed E-state index contributed by atoms with van der Waals surface area (Å²) in [4.78, 5) is 41.1. The summed E-state index contributed by atoms with van der Waals surface area (Å²) >= 11 is 2.89. The molecule has 6 nitrogen and oxygen atoms in total. The van der Waals surface area contributed by atoms with Gasteiger partial charge in [-0.1, -0.05) is 91.0 Å². The summed E-state index contributed by atoms with van der Waals surface area (Å²) in [6.07, 6.45) is 1.65. The van der Waals surface area contributed by atoms with Crippen LogP contribution in [-0.4, -0.2) is 17.7 Å². The molecular formula is C38H29N3O3S2. The number of benzene rings is 5. The van der Waals surface area contributed by atoms with E-state index in [-0.39, 0.29) is 17.5 Å². The molecule has 226 valence electrons. The van der Waals surface area contributed by atoms with Crippen molar-refractivity contribution in [3.05, 3.63) is 167 Å². The molecule has 0 aliphatic rings. The van der Waals surface area contributed by atoms with Crippen LogP contribution >= 0.6 is 23.1 Å². The van der Waals surface area contributed by atoms with Crippen LogP contribution in [0.25, 0.3) is 16.8 Å². The maximum Gasteiger partial charge on any atom is 0.272 e. The second-order valence-corrected chi connectivity index (χ2v) is 12.3. The van der Waals surface area contributed by atoms with Crippen LogP contribution in [0, 0.1) is 0 Å². The van der Waals surface area contributed by atoms with E-state index in [9.17, 15) is 14.4 Å². The number of amides is 3. The highest BCUT2D eigenvalue weighted by Crippen LogP contribution is 2.38. The van der Waals surface area contributed by atoms with Crippen LogP contribution in [0.4, 0.5) is 11.4 Å². The van der Waals surface area contributed by atoms with Crippen molar-refractivity contribution in [3.8, 4) is 0 Å². The number of rotatable bonds is 10. The fourth-order valence-corrected chi connectivity index (χ4v) is 6.58. The summed E-state index contributed by atoms with van der Waals surface area (Å²) in [7, 11) is 0. The fourth-order valence-electron chi connectivity index (χ4n) is 4.88. The van der Waals surface area contributed by atoms with Gasteiger partial charge in [0.25, 0.3) is 11.8 Å². The molecule has 1 unspecified atom stereocenters. The summed E-state index contributed by atoms with van der Waals surface area (Å²) < 4.78 is 0. The lowest BCUT2D eigenvalue weighted by atomic mass is 10.1. The number of fused-ring (bicyclic) bond motifs is 1. The lowest BCUT2D eigenvalue weighted by Gasteiger charge is -2.18. The second kappa shape index (κ2) is 14.6. The Bertz CT molecular complexity index is 2000. The molecule has 0 spiro atoms. The minimum Gasteiger partial charge on any atom is -0.324 e. The Labute approximate surface area is 275 Å². The monoisotopic (exact) mass is 639 g/mol. The van der Waals surface area contributed by atoms with Gasteiger partial charge >= 0.3 is 0 Å². The first kappa shape index (κ1) is 30.6. The van der Waals surface area contributed by atoms with E-state index in [1.165, 1.54) is 23.1 Å². The van der Waals surface area contributed by atoms with Crippen LogP contribution in [0.2, 0.25) is 0 Å². The third kappa shape index (κ3) is 7.61. The number of nitrogens with one attached hydrogen (secondary N) is 3. The first-order valence-electron chi connectivity index (χ1n) is 14.6. The molecule has 1 atom stereocenters. The molecule has 0 saturated carbocycles. The molecule has 1 aromatic heterocycles. The van der Waals surface area contributed by atoms with Gasteiger partial charge in [-0.05, 0) is 75.8 Å². The van der Waals surface area contributed by atoms with Crippen LogP contribution in [-0.2, 0) is 9.59 Å². The second-order valence-electron chi connectivity index (χ2n) is 10.3. The Balaban J connectivity index is 1.23. The van der Waals surface area contributed by atoms with Crippen molar-refractivity contribution in [2.24, 2.45) is 0 Å². The van der Waals surface area contributed by atoms with Gasteiger partial charge in [-0.2, -0.15) is 11.3 Å². The highest BCUT2D eigenvalue weighted by Gasteiger charge is 2.23. The molecule has 46 heavy (non-hydrogen) atoms. The highest BCUT2D eigenvalue weighted by atomic mass is 32.2. The molecule has 6 rings (SSSR count). The van der Waals surface area contributed by atoms with E-state index in [0.717, 1.165) is 32.5 Å². The average molecular weight is 640 g/mol. The van der Waals surface area contributed by atoms with Crippen molar-refractivity contribution in [1.29, 1.82) is 0 Å². The number of thioether (sulfide) groups is 1. The van der Waals surface area contributed by atoms with Gasteiger partial charge < -0.3 is 16.0 Å². The third-order valence-electron chi connectivity index (χ3n) is 7.12. The maximum atomic E-state index is 13.8. The number of carbonyl (C=O) groups excluding carboxylic acids is 3. The fraction of sp³-hybridized carbons (Fsp3) is 0.0263. The third-order valence-corrected chi connectivity index (χ3v) is 9.07. The van der Waals surface area contributed by atoms with Gasteiger partial charge in [0.2, 0.25) is 5.91 Å². The molecule has 0 fully saturated rings. The average Bonchev–Trinajstić information content (AvgIpc) is 3.61. The minimum atomic E-state index is -0.565. The van der Waals surface area contributed by atoms with Gasteiger partial charge in [0.1, 0.15) is 10.9 Å². The molecule has 5 aromatic carbocycles. The smallest absolute Gasteiger partial charge is 0.272 e. The Kier molecular flexibility index (Phi) is 9.68. The van der Waals surface area contributed by atoms with Crippen LogP contribution in [0.3, 0.4) is 0 Å². The Hall–Kier alpha value is -5.44. The number of hydrogen-bond donors (Lipinski definition) is 3. The van der Waals surface area contributed by atoms with Crippen LogP contribution < -0.4 is 16.0 Å². The molecule has 8 heteroatoms. The molecule has 0 saturated heterocycles. The zero-order valence-electron chi connectivity index (χ0n) is 24.6. The topological polar surface area (TPSA) is 87.3 Å². The minimum absolute atomic E-state index is 0.113. The number of anilines is 2. The van der Waals surface area contributed by atoms with Crippen molar-refractivity contribution in [3.63, 3.8) is 0 Å². The molecule has 3 N–H and O–H groups in total. The first-order chi connectivity index (χ1) is 22.5. The van der Waals surface area contributed by atoms with Gasteiger partial charge in [0.15, 0.2) is 0 Å². The van der Waals surface area contributed by atoms with E-state index >= 15 is 0 Å². The largest absolute Gasteiger partial charge is 0.324 e. The van der Waals surface area contributed by atoms with Crippen molar-refractivity contribution in [2.45, 2.75) is 10.1 Å². The van der Waals surface area contributed by atoms with Gasteiger partial charge in [0, 0.05) is 27.2 Å². The summed E-state index contributed by atoms with van der Waals surface area (Å²) in [6.45, 7) is 0. The van der Waals surface area contributed by atoms with Crippen molar-refractivity contribution < 1.29 is 14.4 Å². The zero-order valence-corrected chi connectivity index (χ0v) is 26.2. The van der Waals surface area contributed by atoms with Crippen LogP contribution in [0.15, 0.2) is 155 Å². The van der Waals surface area contributed by atoms with Crippen LogP contribution in [0.5, 0.6) is 0 Å². The van der Waals surface area contributed by atoms with Gasteiger partial charge in [-0.25, -0.2) is 0 Å². The van der Waals surface area contributed by atoms with E-state index in [1.54, 1.807) is 36.4 Å². The summed E-state index contributed by atoms with van der Waals surface area (Å²) in [5.74, 6) is -1.01. The van der Waals surface area contributed by atoms with Crippen molar-refractivity contribution in [1.82, 2.24) is 5.32 Å². The molecule has 0 aliphatic carbocycles. The Morgan fingerprint density at radius 1 is 0.717 bits per heavy atom. The standard InChI is InChI=1S/C38H29N3O3S2/c42-36(29-14-5-2-6-15-29)41-34(23-26-21-22-45-25-26)37(43)39-30-17-10-18-31(24-30)46-35(28-12-3-1-4-13-28)38(44)40-33-20-9-16-27-11-7-8-19-32(27)33/h1-25,35H,(H,39,43)(H,40,44)(H,41,42)/b34-23-. The summed E-state index contributed by atoms with van der Waals surface area (Å²) in [5, 5.41) is 14.1. The van der Waals surface area contributed by atoms with Gasteiger partial charge in [-0.3, -0.25) is 14.4 Å². The zero-order chi connectivity index (χ0) is 31.7. The molecule has 1 heterocycles.